The van der Waals surface area contributed by atoms with Gasteiger partial charge in [0, 0.05) is 12.2 Å². The predicted molar refractivity (Wildman–Crippen MR) is 62.0 cm³/mol. The number of carboxylic acids is 1. The zero-order chi connectivity index (χ0) is 11.7. The Bertz CT molecular complexity index is 416. The van der Waals surface area contributed by atoms with E-state index in [-0.39, 0.29) is 10.6 Å². The Morgan fingerprint density at radius 2 is 2.31 bits per heavy atom. The number of carbonyl (C=O) groups is 1. The lowest BCUT2D eigenvalue weighted by Crippen LogP contribution is -2.34. The molecule has 0 saturated heterocycles. The van der Waals surface area contributed by atoms with Crippen LogP contribution in [0.5, 0.6) is 0 Å². The molecule has 1 fully saturated rings. The molecule has 4 nitrogen and oxygen atoms in total. The molecule has 0 amide bonds. The van der Waals surface area contributed by atoms with Crippen molar-refractivity contribution in [3.05, 3.63) is 22.8 Å². The van der Waals surface area contributed by atoms with Gasteiger partial charge in [0.05, 0.1) is 10.6 Å². The number of aromatic nitrogens is 1. The third-order valence-corrected chi connectivity index (χ3v) is 3.11. The molecule has 2 rings (SSSR count). The summed E-state index contributed by atoms with van der Waals surface area (Å²) in [5.41, 5.74) is 0.0894. The smallest absolute Gasteiger partial charge is 0.337 e. The van der Waals surface area contributed by atoms with Gasteiger partial charge in [-0.2, -0.15) is 0 Å². The number of nitrogens with one attached hydrogen (secondary N) is 1. The summed E-state index contributed by atoms with van der Waals surface area (Å²) in [6, 6.07) is 1.89. The third-order valence-electron chi connectivity index (χ3n) is 2.81. The van der Waals surface area contributed by atoms with Crippen molar-refractivity contribution in [1.82, 2.24) is 4.98 Å². The highest BCUT2D eigenvalue weighted by atomic mass is 35.5. The van der Waals surface area contributed by atoms with Crippen LogP contribution in [0.1, 0.15) is 30.1 Å². The summed E-state index contributed by atoms with van der Waals surface area (Å²) in [5.74, 6) is 0.292. The van der Waals surface area contributed by atoms with Crippen molar-refractivity contribution < 1.29 is 9.90 Å². The van der Waals surface area contributed by atoms with E-state index in [1.54, 1.807) is 0 Å². The lowest BCUT2D eigenvalue weighted by molar-refractivity contribution is 0.0697. The molecule has 0 bridgehead atoms. The zero-order valence-corrected chi connectivity index (χ0v) is 9.66. The molecule has 16 heavy (non-hydrogen) atoms. The molecule has 1 saturated carbocycles. The molecular weight excluding hydrogens is 228 g/mol. The summed E-state index contributed by atoms with van der Waals surface area (Å²) in [4.78, 5) is 14.9. The topological polar surface area (TPSA) is 62.2 Å². The van der Waals surface area contributed by atoms with Crippen LogP contribution >= 0.6 is 11.6 Å². The second kappa shape index (κ2) is 4.29. The number of aromatic carboxylic acids is 1. The first kappa shape index (κ1) is 11.2. The van der Waals surface area contributed by atoms with E-state index >= 15 is 0 Å². The predicted octanol–water partition coefficient (Wildman–Crippen LogP) is 2.64. The second-order valence-electron chi connectivity index (χ2n) is 4.27. The minimum atomic E-state index is -1.03. The number of rotatable bonds is 3. The summed E-state index contributed by atoms with van der Waals surface area (Å²) in [5, 5.41) is 12.3. The van der Waals surface area contributed by atoms with Gasteiger partial charge in [0.2, 0.25) is 0 Å². The number of carboxylic acid groups (broad SMARTS) is 1. The van der Waals surface area contributed by atoms with Crippen molar-refractivity contribution in [1.29, 1.82) is 0 Å². The van der Waals surface area contributed by atoms with E-state index in [9.17, 15) is 4.79 Å². The van der Waals surface area contributed by atoms with Gasteiger partial charge in [-0.3, -0.25) is 0 Å². The molecule has 1 aliphatic carbocycles. The Kier molecular flexibility index (Phi) is 3.01. The van der Waals surface area contributed by atoms with Gasteiger partial charge >= 0.3 is 5.97 Å². The minimum Gasteiger partial charge on any atom is -0.478 e. The van der Waals surface area contributed by atoms with Crippen molar-refractivity contribution >= 4 is 23.4 Å². The Hall–Kier alpha value is -1.29. The summed E-state index contributed by atoms with van der Waals surface area (Å²) in [6.45, 7) is 2.19. The highest BCUT2D eigenvalue weighted by Gasteiger charge is 2.25. The van der Waals surface area contributed by atoms with E-state index in [4.69, 9.17) is 16.7 Å². The van der Waals surface area contributed by atoms with Gasteiger partial charge in [-0.1, -0.05) is 18.5 Å². The lowest BCUT2D eigenvalue weighted by atomic mass is 9.82. The van der Waals surface area contributed by atoms with Crippen LogP contribution in [0.2, 0.25) is 5.02 Å². The van der Waals surface area contributed by atoms with Gasteiger partial charge in [0.25, 0.3) is 0 Å². The van der Waals surface area contributed by atoms with E-state index in [0.29, 0.717) is 11.9 Å². The van der Waals surface area contributed by atoms with Gasteiger partial charge in [-0.15, -0.1) is 0 Å². The fourth-order valence-corrected chi connectivity index (χ4v) is 2.10. The van der Waals surface area contributed by atoms with Crippen molar-refractivity contribution in [3.63, 3.8) is 0 Å². The van der Waals surface area contributed by atoms with Crippen LogP contribution in [-0.4, -0.2) is 22.1 Å². The van der Waals surface area contributed by atoms with Gasteiger partial charge in [-0.25, -0.2) is 9.78 Å². The standard InChI is InChI=1S/C11H13ClN2O2/c1-6-2-7(3-6)14-10-4-8(11(15)16)9(12)5-13-10/h4-7H,2-3H2,1H3,(H,13,14)(H,15,16). The van der Waals surface area contributed by atoms with Crippen molar-refractivity contribution in [3.8, 4) is 0 Å². The van der Waals surface area contributed by atoms with Crippen molar-refractivity contribution in [2.24, 2.45) is 5.92 Å². The normalized spacial score (nSPS) is 23.6. The molecule has 0 unspecified atom stereocenters. The first-order chi connectivity index (χ1) is 7.56. The largest absolute Gasteiger partial charge is 0.478 e. The Morgan fingerprint density at radius 1 is 1.62 bits per heavy atom. The molecule has 0 spiro atoms. The minimum absolute atomic E-state index is 0.0894. The third kappa shape index (κ3) is 2.27. The summed E-state index contributed by atoms with van der Waals surface area (Å²) >= 11 is 5.73. The van der Waals surface area contributed by atoms with Crippen LogP contribution in [-0.2, 0) is 0 Å². The molecule has 1 aromatic heterocycles. The zero-order valence-electron chi connectivity index (χ0n) is 8.90. The molecule has 0 radical (unpaired) electrons. The summed E-state index contributed by atoms with van der Waals surface area (Å²) in [7, 11) is 0. The summed E-state index contributed by atoms with van der Waals surface area (Å²) in [6.07, 6.45) is 3.58. The average molecular weight is 241 g/mol. The SMILES string of the molecule is CC1CC(Nc2cc(C(=O)O)c(Cl)cn2)C1. The fraction of sp³-hybridized carbons (Fsp3) is 0.455. The molecule has 1 aromatic rings. The number of nitrogens with zero attached hydrogens (tertiary/aromatic N) is 1. The first-order valence-electron chi connectivity index (χ1n) is 5.21. The molecule has 0 aliphatic heterocycles. The molecule has 1 heterocycles. The monoisotopic (exact) mass is 240 g/mol. The van der Waals surface area contributed by atoms with Gasteiger partial charge in [-0.05, 0) is 24.8 Å². The highest BCUT2D eigenvalue weighted by Crippen LogP contribution is 2.29. The van der Waals surface area contributed by atoms with Crippen LogP contribution in [0, 0.1) is 5.92 Å². The van der Waals surface area contributed by atoms with Crippen LogP contribution in [0.15, 0.2) is 12.3 Å². The maximum absolute atomic E-state index is 10.9. The molecule has 2 N–H and O–H groups in total. The maximum atomic E-state index is 10.9. The van der Waals surface area contributed by atoms with Crippen LogP contribution in [0.25, 0.3) is 0 Å². The van der Waals surface area contributed by atoms with Gasteiger partial charge < -0.3 is 10.4 Å². The second-order valence-corrected chi connectivity index (χ2v) is 4.68. The first-order valence-corrected chi connectivity index (χ1v) is 5.59. The molecule has 5 heteroatoms. The van der Waals surface area contributed by atoms with E-state index in [0.717, 1.165) is 18.8 Å². The maximum Gasteiger partial charge on any atom is 0.337 e. The Balaban J connectivity index is 2.10. The van der Waals surface area contributed by atoms with E-state index in [1.165, 1.54) is 12.3 Å². The average Bonchev–Trinajstić information content (AvgIpc) is 2.18. The van der Waals surface area contributed by atoms with E-state index in [2.05, 4.69) is 17.2 Å². The van der Waals surface area contributed by atoms with Crippen molar-refractivity contribution in [2.75, 3.05) is 5.32 Å². The van der Waals surface area contributed by atoms with Crippen LogP contribution < -0.4 is 5.32 Å². The Labute approximate surface area is 98.6 Å². The number of pyridine rings is 1. The van der Waals surface area contributed by atoms with Crippen molar-refractivity contribution in [2.45, 2.75) is 25.8 Å². The fourth-order valence-electron chi connectivity index (χ4n) is 1.91. The molecular formula is C11H13ClN2O2. The number of hydrogen-bond acceptors (Lipinski definition) is 3. The molecule has 1 aliphatic rings. The number of hydrogen-bond donors (Lipinski definition) is 2. The molecule has 0 aromatic carbocycles. The number of anilines is 1. The van der Waals surface area contributed by atoms with Crippen LogP contribution in [0.3, 0.4) is 0 Å². The molecule has 0 atom stereocenters. The Morgan fingerprint density at radius 3 is 2.88 bits per heavy atom. The molecule has 86 valence electrons. The highest BCUT2D eigenvalue weighted by molar-refractivity contribution is 6.33. The summed E-state index contributed by atoms with van der Waals surface area (Å²) < 4.78 is 0. The van der Waals surface area contributed by atoms with E-state index in [1.807, 2.05) is 0 Å². The lowest BCUT2D eigenvalue weighted by Gasteiger charge is -2.33. The van der Waals surface area contributed by atoms with Gasteiger partial charge in [0.15, 0.2) is 0 Å². The number of halogens is 1. The quantitative estimate of drug-likeness (QED) is 0.853. The van der Waals surface area contributed by atoms with E-state index < -0.39 is 5.97 Å². The van der Waals surface area contributed by atoms with Crippen LogP contribution in [0.4, 0.5) is 5.82 Å². The van der Waals surface area contributed by atoms with Gasteiger partial charge in [0.1, 0.15) is 5.82 Å².